The van der Waals surface area contributed by atoms with Crippen LogP contribution in [0.1, 0.15) is 66.1 Å². The smallest absolute Gasteiger partial charge is 0.254 e. The SMILES string of the molecule is O=C(NC1(S(=O)O)CC1)c1ccc(N2C[C@@H]3C[C@H]2C[C@H]3OCc2c(-c3c(Cl)cccc3Cl)noc2C2CC2)nc1. The highest BCUT2D eigenvalue weighted by molar-refractivity contribution is 7.81. The number of aromatic nitrogens is 2. The minimum Gasteiger partial charge on any atom is -0.373 e. The molecule has 9 nitrogen and oxygen atoms in total. The Kier molecular flexibility index (Phi) is 6.66. The molecule has 1 aromatic carbocycles. The Balaban J connectivity index is 1.01. The number of piperidine rings is 1. The predicted molar refractivity (Wildman–Crippen MR) is 151 cm³/mol. The summed E-state index contributed by atoms with van der Waals surface area (Å²) in [6.45, 7) is 1.21. The number of hydrogen-bond acceptors (Lipinski definition) is 7. The molecular formula is C28H28Cl2N4O5S. The number of nitrogens with one attached hydrogen (secondary N) is 1. The quantitative estimate of drug-likeness (QED) is 0.306. The summed E-state index contributed by atoms with van der Waals surface area (Å²) >= 11 is 10.9. The molecule has 3 saturated carbocycles. The van der Waals surface area contributed by atoms with Crippen LogP contribution in [0.2, 0.25) is 10.0 Å². The van der Waals surface area contributed by atoms with E-state index in [0.717, 1.165) is 49.4 Å². The molecule has 12 heteroatoms. The van der Waals surface area contributed by atoms with Crippen LogP contribution in [0.25, 0.3) is 11.3 Å². The summed E-state index contributed by atoms with van der Waals surface area (Å²) in [5.74, 6) is 2.04. The average molecular weight is 604 g/mol. The number of nitrogens with zero attached hydrogens (tertiary/aromatic N) is 3. The molecule has 0 radical (unpaired) electrons. The standard InChI is InChI=1S/C28H28Cl2N4O5S/c29-20-2-1-3-21(30)24(20)25-19(26(39-33-25)15-4-5-15)14-38-22-11-18-10-17(22)13-34(18)23-7-6-16(12-31-23)27(35)32-28(8-9-28)40(36)37/h1-3,6-7,12,15,17-18,22H,4-5,8-11,13-14H2,(H,32,35)(H,36,37)/t17-,18-,22+/m0/s1. The Morgan fingerprint density at radius 1 is 1.20 bits per heavy atom. The number of fused-ring (bicyclic) bond motifs is 2. The number of amides is 1. The third kappa shape index (κ3) is 4.73. The molecule has 1 unspecified atom stereocenters. The van der Waals surface area contributed by atoms with Gasteiger partial charge in [0, 0.05) is 41.7 Å². The van der Waals surface area contributed by atoms with Gasteiger partial charge in [0.15, 0.2) is 11.1 Å². The highest BCUT2D eigenvalue weighted by atomic mass is 35.5. The van der Waals surface area contributed by atoms with Crippen molar-refractivity contribution in [2.75, 3.05) is 11.4 Å². The van der Waals surface area contributed by atoms with Gasteiger partial charge in [-0.05, 0) is 62.8 Å². The highest BCUT2D eigenvalue weighted by Gasteiger charge is 2.50. The van der Waals surface area contributed by atoms with Crippen molar-refractivity contribution in [3.8, 4) is 11.3 Å². The molecule has 210 valence electrons. The van der Waals surface area contributed by atoms with E-state index < -0.39 is 16.0 Å². The lowest BCUT2D eigenvalue weighted by Crippen LogP contribution is -2.40. The Bertz CT molecular complexity index is 1470. The molecule has 7 rings (SSSR count). The second kappa shape index (κ2) is 10.1. The molecule has 0 spiro atoms. The maximum Gasteiger partial charge on any atom is 0.254 e. The molecule has 2 bridgehead atoms. The van der Waals surface area contributed by atoms with Gasteiger partial charge in [0.05, 0.1) is 28.3 Å². The number of halogens is 2. The van der Waals surface area contributed by atoms with Crippen LogP contribution >= 0.6 is 23.2 Å². The molecule has 1 saturated heterocycles. The van der Waals surface area contributed by atoms with E-state index in [-0.39, 0.29) is 12.0 Å². The molecule has 3 heterocycles. The van der Waals surface area contributed by atoms with E-state index in [9.17, 15) is 13.6 Å². The zero-order chi connectivity index (χ0) is 27.6. The van der Waals surface area contributed by atoms with Crippen molar-refractivity contribution >= 4 is 46.0 Å². The predicted octanol–water partition coefficient (Wildman–Crippen LogP) is 5.55. The lowest BCUT2D eigenvalue weighted by molar-refractivity contribution is 0.0122. The van der Waals surface area contributed by atoms with Crippen LogP contribution in [0.4, 0.5) is 5.82 Å². The zero-order valence-electron chi connectivity index (χ0n) is 21.5. The van der Waals surface area contributed by atoms with Gasteiger partial charge < -0.3 is 24.0 Å². The molecule has 4 aliphatic rings. The monoisotopic (exact) mass is 602 g/mol. The van der Waals surface area contributed by atoms with Crippen LogP contribution in [-0.4, -0.2) is 48.4 Å². The first-order valence-corrected chi connectivity index (χ1v) is 15.4. The minimum absolute atomic E-state index is 0.108. The van der Waals surface area contributed by atoms with E-state index in [0.29, 0.717) is 64.2 Å². The third-order valence-corrected chi connectivity index (χ3v) is 10.4. The van der Waals surface area contributed by atoms with Gasteiger partial charge in [-0.3, -0.25) is 4.79 Å². The molecule has 3 aromatic rings. The minimum atomic E-state index is -2.09. The first-order valence-electron chi connectivity index (χ1n) is 13.5. The van der Waals surface area contributed by atoms with Crippen molar-refractivity contribution in [1.82, 2.24) is 15.5 Å². The molecule has 4 fully saturated rings. The van der Waals surface area contributed by atoms with E-state index in [1.54, 1.807) is 18.2 Å². The van der Waals surface area contributed by atoms with Crippen LogP contribution in [-0.2, 0) is 22.4 Å². The van der Waals surface area contributed by atoms with Gasteiger partial charge in [-0.2, -0.15) is 0 Å². The number of anilines is 1. The molecule has 2 N–H and O–H groups in total. The van der Waals surface area contributed by atoms with Crippen molar-refractivity contribution in [3.63, 3.8) is 0 Å². The highest BCUT2D eigenvalue weighted by Crippen LogP contribution is 2.47. The lowest BCUT2D eigenvalue weighted by atomic mass is 10.0. The van der Waals surface area contributed by atoms with Crippen molar-refractivity contribution in [1.29, 1.82) is 0 Å². The Hall–Kier alpha value is -2.50. The summed E-state index contributed by atoms with van der Waals surface area (Å²) in [5, 5.41) is 8.12. The van der Waals surface area contributed by atoms with Crippen LogP contribution in [0.3, 0.4) is 0 Å². The topological polar surface area (TPSA) is 118 Å². The van der Waals surface area contributed by atoms with Crippen LogP contribution in [0, 0.1) is 5.92 Å². The summed E-state index contributed by atoms with van der Waals surface area (Å²) in [6.07, 6.45) is 6.70. The van der Waals surface area contributed by atoms with Gasteiger partial charge in [-0.15, -0.1) is 0 Å². The number of benzene rings is 1. The number of hydrogen-bond donors (Lipinski definition) is 2. The second-order valence-corrected chi connectivity index (χ2v) is 13.3. The normalized spacial score (nSPS) is 25.3. The fourth-order valence-electron chi connectivity index (χ4n) is 6.06. The first kappa shape index (κ1) is 26.4. The van der Waals surface area contributed by atoms with Gasteiger partial charge in [-0.25, -0.2) is 9.19 Å². The average Bonchev–Trinajstić information content (AvgIpc) is 3.82. The fraction of sp³-hybridized carbons (Fsp3) is 0.464. The van der Waals surface area contributed by atoms with Crippen LogP contribution < -0.4 is 10.2 Å². The van der Waals surface area contributed by atoms with E-state index in [1.165, 1.54) is 6.20 Å². The van der Waals surface area contributed by atoms with Crippen molar-refractivity contribution in [2.24, 2.45) is 5.92 Å². The fourth-order valence-corrected chi connectivity index (χ4v) is 7.26. The van der Waals surface area contributed by atoms with Gasteiger partial charge in [0.1, 0.15) is 22.1 Å². The van der Waals surface area contributed by atoms with Crippen LogP contribution in [0.5, 0.6) is 0 Å². The molecule has 1 amide bonds. The molecule has 2 aromatic heterocycles. The molecule has 40 heavy (non-hydrogen) atoms. The molecule has 4 atom stereocenters. The van der Waals surface area contributed by atoms with E-state index in [1.807, 2.05) is 12.1 Å². The Morgan fingerprint density at radius 3 is 2.58 bits per heavy atom. The van der Waals surface area contributed by atoms with Gasteiger partial charge in [0.25, 0.3) is 5.91 Å². The van der Waals surface area contributed by atoms with Gasteiger partial charge >= 0.3 is 0 Å². The van der Waals surface area contributed by atoms with Gasteiger partial charge in [-0.1, -0.05) is 34.4 Å². The molecule has 1 aliphatic heterocycles. The Morgan fingerprint density at radius 2 is 1.98 bits per heavy atom. The van der Waals surface area contributed by atoms with E-state index >= 15 is 0 Å². The summed E-state index contributed by atoms with van der Waals surface area (Å²) in [6, 6.07) is 9.29. The van der Waals surface area contributed by atoms with Crippen LogP contribution in [0.15, 0.2) is 41.1 Å². The number of carbonyl (C=O) groups is 1. The first-order chi connectivity index (χ1) is 19.3. The number of pyridine rings is 1. The summed E-state index contributed by atoms with van der Waals surface area (Å²) < 4.78 is 33.2. The van der Waals surface area contributed by atoms with Crippen molar-refractivity contribution < 1.29 is 22.8 Å². The second-order valence-electron chi connectivity index (χ2n) is 11.2. The maximum absolute atomic E-state index is 12.5. The third-order valence-electron chi connectivity index (χ3n) is 8.57. The van der Waals surface area contributed by atoms with Crippen molar-refractivity contribution in [3.05, 3.63) is 63.5 Å². The number of ether oxygens (including phenoxy) is 1. The largest absolute Gasteiger partial charge is 0.373 e. The van der Waals surface area contributed by atoms with Gasteiger partial charge in [0.2, 0.25) is 0 Å². The molecular weight excluding hydrogens is 575 g/mol. The van der Waals surface area contributed by atoms with Crippen molar-refractivity contribution in [2.45, 2.75) is 68.1 Å². The summed E-state index contributed by atoms with van der Waals surface area (Å²) in [4.78, 5) is 18.4. The van der Waals surface area contributed by atoms with E-state index in [2.05, 4.69) is 20.4 Å². The lowest BCUT2D eigenvalue weighted by Gasteiger charge is -2.32. The maximum atomic E-state index is 12.5. The summed E-state index contributed by atoms with van der Waals surface area (Å²) in [7, 11) is 0. The van der Waals surface area contributed by atoms with E-state index in [4.69, 9.17) is 32.5 Å². The summed E-state index contributed by atoms with van der Waals surface area (Å²) in [5.41, 5.74) is 2.65. The zero-order valence-corrected chi connectivity index (χ0v) is 23.8. The number of carbonyl (C=O) groups excluding carboxylic acids is 1. The number of rotatable bonds is 9. The molecule has 3 aliphatic carbocycles. The Labute approximate surface area is 243 Å².